The molecule has 4 aromatic rings. The third-order valence-electron chi connectivity index (χ3n) is 6.44. The number of fused-ring (bicyclic) bond motifs is 2. The summed E-state index contributed by atoms with van der Waals surface area (Å²) in [5.41, 5.74) is 2.60. The van der Waals surface area contributed by atoms with Crippen molar-refractivity contribution in [2.75, 3.05) is 13.1 Å². The molecule has 0 radical (unpaired) electrons. The van der Waals surface area contributed by atoms with E-state index in [0.717, 1.165) is 29.6 Å². The van der Waals surface area contributed by atoms with E-state index in [1.54, 1.807) is 30.2 Å². The Morgan fingerprint density at radius 3 is 2.66 bits per heavy atom. The van der Waals surface area contributed by atoms with E-state index in [9.17, 15) is 14.4 Å². The zero-order valence-electron chi connectivity index (χ0n) is 18.0. The molecule has 32 heavy (non-hydrogen) atoms. The molecular weight excluding hydrogens is 408 g/mol. The number of hydrogen-bond donors (Lipinski definition) is 1. The number of nitrogens with zero attached hydrogens (tertiary/aromatic N) is 5. The second kappa shape index (κ2) is 7.74. The predicted octanol–water partition coefficient (Wildman–Crippen LogP) is 1.76. The first-order chi connectivity index (χ1) is 15.4. The number of benzene rings is 1. The van der Waals surface area contributed by atoms with Gasteiger partial charge in [0.2, 0.25) is 5.91 Å². The third-order valence-corrected chi connectivity index (χ3v) is 6.44. The fourth-order valence-electron chi connectivity index (χ4n) is 4.36. The van der Waals surface area contributed by atoms with Crippen LogP contribution in [-0.4, -0.2) is 48.3 Å². The van der Waals surface area contributed by atoms with E-state index in [-0.39, 0.29) is 29.5 Å². The molecular formula is C23H24N6O3. The molecule has 5 rings (SSSR count). The molecule has 0 bridgehead atoms. The molecule has 3 aromatic heterocycles. The lowest BCUT2D eigenvalue weighted by Gasteiger charge is -2.31. The van der Waals surface area contributed by atoms with Gasteiger partial charge in [0.1, 0.15) is 6.54 Å². The van der Waals surface area contributed by atoms with Crippen LogP contribution in [0.5, 0.6) is 0 Å². The molecule has 1 aliphatic rings. The van der Waals surface area contributed by atoms with Gasteiger partial charge < -0.3 is 4.90 Å². The molecule has 1 N–H and O–H groups in total. The average Bonchev–Trinajstić information content (AvgIpc) is 3.24. The summed E-state index contributed by atoms with van der Waals surface area (Å²) in [7, 11) is 0. The summed E-state index contributed by atoms with van der Waals surface area (Å²) in [5, 5.41) is 8.68. The summed E-state index contributed by atoms with van der Waals surface area (Å²) in [5.74, 6) is 0.0939. The largest absolute Gasteiger partial charge is 0.341 e. The number of aromatic nitrogens is 5. The Morgan fingerprint density at radius 2 is 1.88 bits per heavy atom. The Bertz CT molecular complexity index is 1460. The number of aromatic amines is 1. The molecule has 9 heteroatoms. The molecule has 0 aliphatic carbocycles. The quantitative estimate of drug-likeness (QED) is 0.531. The van der Waals surface area contributed by atoms with Gasteiger partial charge in [-0.1, -0.05) is 18.2 Å². The van der Waals surface area contributed by atoms with Crippen LogP contribution >= 0.6 is 0 Å². The highest BCUT2D eigenvalue weighted by atomic mass is 16.2. The number of nitrogens with one attached hydrogen (secondary N) is 1. The van der Waals surface area contributed by atoms with Crippen LogP contribution in [0.3, 0.4) is 0 Å². The second-order valence-electron chi connectivity index (χ2n) is 8.38. The average molecular weight is 432 g/mol. The summed E-state index contributed by atoms with van der Waals surface area (Å²) in [4.78, 5) is 44.2. The van der Waals surface area contributed by atoms with Crippen molar-refractivity contribution in [3.63, 3.8) is 0 Å². The maximum atomic E-state index is 12.8. The SMILES string of the molecule is Cc1nc2cc(C3CCN(C(=O)Cn4ncc5ccccc5c4=O)CC3)[nH]n2c(=O)c1C. The van der Waals surface area contributed by atoms with E-state index in [4.69, 9.17) is 0 Å². The number of rotatable bonds is 3. The number of carbonyl (C=O) groups excluding carboxylic acids is 1. The van der Waals surface area contributed by atoms with Gasteiger partial charge in [0, 0.05) is 47.4 Å². The molecule has 1 saturated heterocycles. The van der Waals surface area contributed by atoms with Crippen LogP contribution < -0.4 is 11.1 Å². The Morgan fingerprint density at radius 1 is 1.12 bits per heavy atom. The van der Waals surface area contributed by atoms with E-state index < -0.39 is 0 Å². The van der Waals surface area contributed by atoms with Crippen LogP contribution in [0.1, 0.15) is 35.7 Å². The van der Waals surface area contributed by atoms with Gasteiger partial charge in [-0.2, -0.15) is 5.10 Å². The van der Waals surface area contributed by atoms with Crippen molar-refractivity contribution >= 4 is 22.3 Å². The first kappa shape index (κ1) is 20.2. The Hall–Kier alpha value is -3.75. The van der Waals surface area contributed by atoms with Crippen LogP contribution in [0.25, 0.3) is 16.4 Å². The molecule has 1 aromatic carbocycles. The van der Waals surface area contributed by atoms with Gasteiger partial charge in [0.25, 0.3) is 11.1 Å². The van der Waals surface area contributed by atoms with Gasteiger partial charge in [-0.15, -0.1) is 0 Å². The first-order valence-electron chi connectivity index (χ1n) is 10.7. The lowest BCUT2D eigenvalue weighted by molar-refractivity contribution is -0.133. The predicted molar refractivity (Wildman–Crippen MR) is 120 cm³/mol. The Balaban J connectivity index is 1.29. The Kier molecular flexibility index (Phi) is 4.88. The van der Waals surface area contributed by atoms with Gasteiger partial charge in [-0.3, -0.25) is 19.5 Å². The minimum Gasteiger partial charge on any atom is -0.341 e. The Labute approximate surface area is 183 Å². The zero-order valence-corrected chi connectivity index (χ0v) is 18.0. The van der Waals surface area contributed by atoms with E-state index in [1.165, 1.54) is 9.20 Å². The van der Waals surface area contributed by atoms with Crippen molar-refractivity contribution in [2.45, 2.75) is 39.2 Å². The topological polar surface area (TPSA) is 105 Å². The fourth-order valence-corrected chi connectivity index (χ4v) is 4.36. The number of H-pyrrole nitrogens is 1. The van der Waals surface area contributed by atoms with E-state index in [2.05, 4.69) is 15.2 Å². The smallest absolute Gasteiger partial charge is 0.275 e. The van der Waals surface area contributed by atoms with Crippen LogP contribution in [0.2, 0.25) is 0 Å². The maximum Gasteiger partial charge on any atom is 0.275 e. The number of aryl methyl sites for hydroxylation is 1. The standard InChI is InChI=1S/C23H24N6O3/c1-14-15(2)25-20-11-19(26-29(20)22(14)31)16-7-9-27(10-8-16)21(30)13-28-23(32)18-6-4-3-5-17(18)12-24-28/h3-6,11-12,16,26H,7-10,13H2,1-2H3. The summed E-state index contributed by atoms with van der Waals surface area (Å²) in [6.45, 7) is 4.71. The highest BCUT2D eigenvalue weighted by Gasteiger charge is 2.26. The van der Waals surface area contributed by atoms with E-state index in [0.29, 0.717) is 29.7 Å². The van der Waals surface area contributed by atoms with Gasteiger partial charge >= 0.3 is 0 Å². The van der Waals surface area contributed by atoms with Crippen LogP contribution in [-0.2, 0) is 11.3 Å². The van der Waals surface area contributed by atoms with Crippen molar-refractivity contribution in [2.24, 2.45) is 0 Å². The second-order valence-corrected chi connectivity index (χ2v) is 8.38. The number of likely N-dealkylation sites (tertiary alicyclic amines) is 1. The number of amides is 1. The lowest BCUT2D eigenvalue weighted by Crippen LogP contribution is -2.41. The van der Waals surface area contributed by atoms with Crippen molar-refractivity contribution in [1.82, 2.24) is 29.3 Å². The lowest BCUT2D eigenvalue weighted by atomic mass is 9.93. The summed E-state index contributed by atoms with van der Waals surface area (Å²) in [6.07, 6.45) is 3.15. The third kappa shape index (κ3) is 3.39. The van der Waals surface area contributed by atoms with Crippen molar-refractivity contribution in [1.29, 1.82) is 0 Å². The molecule has 1 fully saturated rings. The molecule has 0 spiro atoms. The maximum absolute atomic E-state index is 12.8. The molecule has 1 amide bonds. The van der Waals surface area contributed by atoms with E-state index in [1.807, 2.05) is 25.1 Å². The minimum atomic E-state index is -0.257. The number of carbonyl (C=O) groups is 1. The highest BCUT2D eigenvalue weighted by Crippen LogP contribution is 2.27. The van der Waals surface area contributed by atoms with Gasteiger partial charge in [-0.25, -0.2) is 14.2 Å². The normalized spacial score (nSPS) is 15.0. The molecule has 164 valence electrons. The van der Waals surface area contributed by atoms with Crippen LogP contribution in [0.4, 0.5) is 0 Å². The molecule has 0 atom stereocenters. The van der Waals surface area contributed by atoms with E-state index >= 15 is 0 Å². The van der Waals surface area contributed by atoms with Crippen molar-refractivity contribution in [3.8, 4) is 0 Å². The number of hydrogen-bond acceptors (Lipinski definition) is 5. The van der Waals surface area contributed by atoms with Crippen molar-refractivity contribution < 1.29 is 4.79 Å². The van der Waals surface area contributed by atoms with Crippen LogP contribution in [0.15, 0.2) is 46.1 Å². The summed E-state index contributed by atoms with van der Waals surface area (Å²) >= 11 is 0. The fraction of sp³-hybridized carbons (Fsp3) is 0.348. The molecule has 4 heterocycles. The summed E-state index contributed by atoms with van der Waals surface area (Å²) in [6, 6.07) is 9.16. The monoisotopic (exact) mass is 432 g/mol. The number of piperidine rings is 1. The molecule has 0 saturated carbocycles. The van der Waals surface area contributed by atoms with Gasteiger partial charge in [-0.05, 0) is 32.8 Å². The highest BCUT2D eigenvalue weighted by molar-refractivity contribution is 5.81. The molecule has 1 aliphatic heterocycles. The van der Waals surface area contributed by atoms with Gasteiger partial charge in [0.05, 0.1) is 11.6 Å². The van der Waals surface area contributed by atoms with Crippen LogP contribution in [0, 0.1) is 13.8 Å². The van der Waals surface area contributed by atoms with Gasteiger partial charge in [0.15, 0.2) is 5.65 Å². The summed E-state index contributed by atoms with van der Waals surface area (Å²) < 4.78 is 2.73. The minimum absolute atomic E-state index is 0.0708. The van der Waals surface area contributed by atoms with Crippen molar-refractivity contribution in [3.05, 3.63) is 74.2 Å². The molecule has 0 unspecified atom stereocenters. The zero-order chi connectivity index (χ0) is 22.4. The first-order valence-corrected chi connectivity index (χ1v) is 10.7. The molecule has 9 nitrogen and oxygen atoms in total.